The number of carbonyl (C=O) groups is 2. The Bertz CT molecular complexity index is 951. The number of para-hydroxylation sites is 2. The van der Waals surface area contributed by atoms with Gasteiger partial charge in [0, 0.05) is 25.2 Å². The average Bonchev–Trinajstić information content (AvgIpc) is 2.96. The van der Waals surface area contributed by atoms with Gasteiger partial charge in [-0.3, -0.25) is 14.3 Å². The molecular weight excluding hydrogens is 392 g/mol. The van der Waals surface area contributed by atoms with E-state index in [0.29, 0.717) is 34.6 Å². The fourth-order valence-electron chi connectivity index (χ4n) is 3.21. The number of hydrogen-bond donors (Lipinski definition) is 1. The second-order valence-corrected chi connectivity index (χ2v) is 7.69. The molecule has 0 fully saturated rings. The maximum Gasteiger partial charge on any atom is 0.262 e. The first-order valence-corrected chi connectivity index (χ1v) is 9.89. The van der Waals surface area contributed by atoms with Crippen LogP contribution in [-0.4, -0.2) is 41.3 Å². The highest BCUT2D eigenvalue weighted by molar-refractivity contribution is 6.31. The lowest BCUT2D eigenvalue weighted by Crippen LogP contribution is -2.49. The van der Waals surface area contributed by atoms with Gasteiger partial charge in [0.05, 0.1) is 17.9 Å². The standard InChI is InChI=1S/C21H25ClN4O3/c1-13(2)11-26-20(22)15(14(3)24-26)9-10-19(27)25-12-18(21(28)23-4)29-17-8-6-5-7-16(17)25/h5-10,13,18H,11-12H2,1-4H3,(H,23,28)/b10-9+/t18-/m1/s1. The third-order valence-electron chi connectivity index (χ3n) is 4.62. The summed E-state index contributed by atoms with van der Waals surface area (Å²) < 4.78 is 7.49. The number of ether oxygens (including phenoxy) is 1. The number of nitrogens with one attached hydrogen (secondary N) is 1. The topological polar surface area (TPSA) is 76.5 Å². The van der Waals surface area contributed by atoms with Gasteiger partial charge in [-0.2, -0.15) is 5.10 Å². The minimum absolute atomic E-state index is 0.124. The van der Waals surface area contributed by atoms with Crippen LogP contribution in [0.5, 0.6) is 5.75 Å². The number of fused-ring (bicyclic) bond motifs is 1. The molecule has 29 heavy (non-hydrogen) atoms. The monoisotopic (exact) mass is 416 g/mol. The highest BCUT2D eigenvalue weighted by atomic mass is 35.5. The average molecular weight is 417 g/mol. The minimum Gasteiger partial charge on any atom is -0.477 e. The van der Waals surface area contributed by atoms with Gasteiger partial charge < -0.3 is 15.0 Å². The van der Waals surface area contributed by atoms with E-state index < -0.39 is 6.10 Å². The number of benzene rings is 1. The number of anilines is 1. The fourth-order valence-corrected chi connectivity index (χ4v) is 3.52. The van der Waals surface area contributed by atoms with Gasteiger partial charge in [0.15, 0.2) is 6.10 Å². The van der Waals surface area contributed by atoms with Crippen LogP contribution < -0.4 is 15.0 Å². The molecular formula is C21H25ClN4O3. The van der Waals surface area contributed by atoms with Crippen molar-refractivity contribution < 1.29 is 14.3 Å². The SMILES string of the molecule is CNC(=O)[C@H]1CN(C(=O)/C=C/c2c(C)nn(CC(C)C)c2Cl)c2ccccc2O1. The Labute approximate surface area is 175 Å². The molecule has 0 spiro atoms. The van der Waals surface area contributed by atoms with Crippen molar-refractivity contribution in [2.45, 2.75) is 33.4 Å². The van der Waals surface area contributed by atoms with E-state index in [4.69, 9.17) is 16.3 Å². The number of rotatable bonds is 5. The van der Waals surface area contributed by atoms with Gasteiger partial charge in [-0.1, -0.05) is 37.6 Å². The molecule has 1 atom stereocenters. The van der Waals surface area contributed by atoms with E-state index in [1.807, 2.05) is 13.0 Å². The Morgan fingerprint density at radius 3 is 2.79 bits per heavy atom. The zero-order chi connectivity index (χ0) is 21.1. The summed E-state index contributed by atoms with van der Waals surface area (Å²) in [5, 5.41) is 7.53. The third-order valence-corrected chi connectivity index (χ3v) is 5.02. The molecule has 1 aromatic heterocycles. The second kappa shape index (κ2) is 8.69. The van der Waals surface area contributed by atoms with Crippen molar-refractivity contribution in [3.63, 3.8) is 0 Å². The van der Waals surface area contributed by atoms with Crippen LogP contribution in [0, 0.1) is 12.8 Å². The highest BCUT2D eigenvalue weighted by Gasteiger charge is 2.32. The van der Waals surface area contributed by atoms with E-state index in [1.54, 1.807) is 29.0 Å². The summed E-state index contributed by atoms with van der Waals surface area (Å²) in [5.74, 6) is 0.349. The number of likely N-dealkylation sites (N-methyl/N-ethyl adjacent to an activating group) is 1. The third kappa shape index (κ3) is 4.45. The highest BCUT2D eigenvalue weighted by Crippen LogP contribution is 2.33. The van der Waals surface area contributed by atoms with Gasteiger partial charge in [-0.25, -0.2) is 0 Å². The van der Waals surface area contributed by atoms with E-state index in [-0.39, 0.29) is 18.4 Å². The zero-order valence-electron chi connectivity index (χ0n) is 17.0. The lowest BCUT2D eigenvalue weighted by molar-refractivity contribution is -0.127. The quantitative estimate of drug-likeness (QED) is 0.760. The Morgan fingerprint density at radius 1 is 1.38 bits per heavy atom. The first-order chi connectivity index (χ1) is 13.8. The Morgan fingerprint density at radius 2 is 2.10 bits per heavy atom. The Hall–Kier alpha value is -2.80. The molecule has 1 aromatic carbocycles. The molecule has 2 amide bonds. The summed E-state index contributed by atoms with van der Waals surface area (Å²) in [7, 11) is 1.54. The number of aromatic nitrogens is 2. The molecule has 0 radical (unpaired) electrons. The molecule has 2 aromatic rings. The van der Waals surface area contributed by atoms with Gasteiger partial charge in [0.2, 0.25) is 0 Å². The molecule has 1 aliphatic heterocycles. The van der Waals surface area contributed by atoms with Gasteiger partial charge in [-0.15, -0.1) is 0 Å². The second-order valence-electron chi connectivity index (χ2n) is 7.34. The Kier molecular flexibility index (Phi) is 6.27. The summed E-state index contributed by atoms with van der Waals surface area (Å²) in [4.78, 5) is 26.6. The molecule has 3 rings (SSSR count). The summed E-state index contributed by atoms with van der Waals surface area (Å²) in [6, 6.07) is 7.16. The number of halogens is 1. The van der Waals surface area contributed by atoms with Crippen LogP contribution in [-0.2, 0) is 16.1 Å². The number of nitrogens with zero attached hydrogens (tertiary/aromatic N) is 3. The van der Waals surface area contributed by atoms with Gasteiger partial charge >= 0.3 is 0 Å². The van der Waals surface area contributed by atoms with Crippen LogP contribution in [0.25, 0.3) is 6.08 Å². The maximum atomic E-state index is 13.0. The molecule has 8 heteroatoms. The van der Waals surface area contributed by atoms with Crippen LogP contribution >= 0.6 is 11.6 Å². The van der Waals surface area contributed by atoms with Crippen molar-refractivity contribution >= 4 is 35.2 Å². The first kappa shape index (κ1) is 20.9. The minimum atomic E-state index is -0.772. The van der Waals surface area contributed by atoms with Crippen molar-refractivity contribution in [1.82, 2.24) is 15.1 Å². The summed E-state index contributed by atoms with van der Waals surface area (Å²) in [6.07, 6.45) is 2.36. The molecule has 0 bridgehead atoms. The van der Waals surface area contributed by atoms with Crippen molar-refractivity contribution in [3.05, 3.63) is 46.8 Å². The van der Waals surface area contributed by atoms with Crippen LogP contribution in [0.4, 0.5) is 5.69 Å². The number of carbonyl (C=O) groups excluding carboxylic acids is 2. The van der Waals surface area contributed by atoms with Crippen LogP contribution in [0.3, 0.4) is 0 Å². The van der Waals surface area contributed by atoms with Crippen LogP contribution in [0.1, 0.15) is 25.1 Å². The van der Waals surface area contributed by atoms with Gasteiger partial charge in [-0.05, 0) is 31.1 Å². The number of hydrogen-bond acceptors (Lipinski definition) is 4. The summed E-state index contributed by atoms with van der Waals surface area (Å²) in [5.41, 5.74) is 2.09. The predicted molar refractivity (Wildman–Crippen MR) is 113 cm³/mol. The summed E-state index contributed by atoms with van der Waals surface area (Å²) >= 11 is 6.46. The van der Waals surface area contributed by atoms with Crippen molar-refractivity contribution in [2.75, 3.05) is 18.5 Å². The van der Waals surface area contributed by atoms with Crippen molar-refractivity contribution in [2.24, 2.45) is 5.92 Å². The lowest BCUT2D eigenvalue weighted by atomic mass is 10.1. The largest absolute Gasteiger partial charge is 0.477 e. The van der Waals surface area contributed by atoms with Crippen molar-refractivity contribution in [1.29, 1.82) is 0 Å². The molecule has 154 valence electrons. The fraction of sp³-hybridized carbons (Fsp3) is 0.381. The van der Waals surface area contributed by atoms with Gasteiger partial charge in [0.1, 0.15) is 10.9 Å². The predicted octanol–water partition coefficient (Wildman–Crippen LogP) is 3.05. The molecule has 0 saturated heterocycles. The van der Waals surface area contributed by atoms with E-state index in [1.165, 1.54) is 18.0 Å². The lowest BCUT2D eigenvalue weighted by Gasteiger charge is -2.33. The molecule has 2 heterocycles. The first-order valence-electron chi connectivity index (χ1n) is 9.51. The maximum absolute atomic E-state index is 13.0. The molecule has 1 aliphatic rings. The molecule has 7 nitrogen and oxygen atoms in total. The van der Waals surface area contributed by atoms with E-state index >= 15 is 0 Å². The van der Waals surface area contributed by atoms with Crippen molar-refractivity contribution in [3.8, 4) is 5.75 Å². The number of aryl methyl sites for hydroxylation is 1. The molecule has 0 aliphatic carbocycles. The van der Waals surface area contributed by atoms with E-state index in [9.17, 15) is 9.59 Å². The molecule has 1 N–H and O–H groups in total. The van der Waals surface area contributed by atoms with Crippen LogP contribution in [0.2, 0.25) is 5.15 Å². The normalized spacial score (nSPS) is 16.1. The molecule has 0 unspecified atom stereocenters. The van der Waals surface area contributed by atoms with Crippen LogP contribution in [0.15, 0.2) is 30.3 Å². The van der Waals surface area contributed by atoms with E-state index in [2.05, 4.69) is 24.3 Å². The Balaban J connectivity index is 1.86. The van der Waals surface area contributed by atoms with E-state index in [0.717, 1.165) is 5.69 Å². The summed E-state index contributed by atoms with van der Waals surface area (Å²) in [6.45, 7) is 6.86. The molecule has 0 saturated carbocycles. The van der Waals surface area contributed by atoms with Gasteiger partial charge in [0.25, 0.3) is 11.8 Å². The number of amides is 2. The zero-order valence-corrected chi connectivity index (χ0v) is 17.7. The smallest absolute Gasteiger partial charge is 0.262 e.